The second-order valence-electron chi connectivity index (χ2n) is 5.48. The van der Waals surface area contributed by atoms with Crippen LogP contribution in [0, 0.1) is 6.92 Å². The van der Waals surface area contributed by atoms with Crippen LogP contribution in [0.15, 0.2) is 12.1 Å². The van der Waals surface area contributed by atoms with E-state index in [2.05, 4.69) is 5.32 Å². The molecule has 1 aromatic carbocycles. The van der Waals surface area contributed by atoms with Gasteiger partial charge >= 0.3 is 0 Å². The van der Waals surface area contributed by atoms with Crippen molar-refractivity contribution >= 4 is 5.91 Å². The van der Waals surface area contributed by atoms with Gasteiger partial charge in [0.2, 0.25) is 0 Å². The van der Waals surface area contributed by atoms with Gasteiger partial charge in [-0.3, -0.25) is 4.79 Å². The smallest absolute Gasteiger partial charge is 0.251 e. The zero-order valence-electron chi connectivity index (χ0n) is 12.8. The van der Waals surface area contributed by atoms with Crippen LogP contribution < -0.4 is 14.8 Å². The monoisotopic (exact) mass is 293 g/mol. The Balaban J connectivity index is 2.11. The summed E-state index contributed by atoms with van der Waals surface area (Å²) in [5.41, 5.74) is 1.40. The van der Waals surface area contributed by atoms with Gasteiger partial charge in [0.05, 0.1) is 20.3 Å². The molecular weight excluding hydrogens is 270 g/mol. The second kappa shape index (κ2) is 6.80. The maximum absolute atomic E-state index is 12.4. The van der Waals surface area contributed by atoms with Crippen molar-refractivity contribution < 1.29 is 19.4 Å². The van der Waals surface area contributed by atoms with Gasteiger partial charge < -0.3 is 19.9 Å². The molecule has 0 unspecified atom stereocenters. The quantitative estimate of drug-likeness (QED) is 0.891. The summed E-state index contributed by atoms with van der Waals surface area (Å²) in [5, 5.41) is 12.5. The van der Waals surface area contributed by atoms with Gasteiger partial charge in [-0.1, -0.05) is 0 Å². The van der Waals surface area contributed by atoms with Gasteiger partial charge in [0, 0.05) is 17.2 Å². The first-order valence-corrected chi connectivity index (χ1v) is 7.26. The van der Waals surface area contributed by atoms with Crippen molar-refractivity contribution in [2.75, 3.05) is 14.2 Å². The minimum atomic E-state index is -0.224. The van der Waals surface area contributed by atoms with Crippen molar-refractivity contribution in [2.45, 2.75) is 44.8 Å². The number of rotatable bonds is 4. The van der Waals surface area contributed by atoms with E-state index in [1.165, 1.54) is 0 Å². The molecule has 5 nitrogen and oxygen atoms in total. The Morgan fingerprint density at radius 3 is 2.14 bits per heavy atom. The molecule has 21 heavy (non-hydrogen) atoms. The summed E-state index contributed by atoms with van der Waals surface area (Å²) in [6, 6.07) is 3.58. The van der Waals surface area contributed by atoms with Crippen LogP contribution in [0.3, 0.4) is 0 Å². The fourth-order valence-corrected chi connectivity index (χ4v) is 2.71. The number of aliphatic hydroxyl groups excluding tert-OH is 1. The number of benzene rings is 1. The third-order valence-electron chi connectivity index (χ3n) is 4.05. The number of carbonyl (C=O) groups excluding carboxylic acids is 1. The lowest BCUT2D eigenvalue weighted by Gasteiger charge is -2.26. The average Bonchev–Trinajstić information content (AvgIpc) is 2.49. The van der Waals surface area contributed by atoms with E-state index in [0.717, 1.165) is 31.2 Å². The summed E-state index contributed by atoms with van der Waals surface area (Å²) in [6.45, 7) is 1.89. The van der Waals surface area contributed by atoms with E-state index in [1.807, 2.05) is 6.92 Å². The summed E-state index contributed by atoms with van der Waals surface area (Å²) in [6.07, 6.45) is 2.88. The first-order chi connectivity index (χ1) is 10.0. The SMILES string of the molecule is COc1cc(C(=O)NC2CCC(O)CC2)cc(OC)c1C. The highest BCUT2D eigenvalue weighted by Gasteiger charge is 2.22. The molecule has 1 amide bonds. The summed E-state index contributed by atoms with van der Waals surface area (Å²) in [7, 11) is 3.15. The Morgan fingerprint density at radius 2 is 1.67 bits per heavy atom. The lowest BCUT2D eigenvalue weighted by molar-refractivity contribution is 0.0867. The van der Waals surface area contributed by atoms with E-state index < -0.39 is 0 Å². The molecule has 1 aliphatic carbocycles. The van der Waals surface area contributed by atoms with Gasteiger partial charge in [-0.2, -0.15) is 0 Å². The molecule has 2 N–H and O–H groups in total. The molecule has 1 saturated carbocycles. The van der Waals surface area contributed by atoms with Gasteiger partial charge in [0.25, 0.3) is 5.91 Å². The molecular formula is C16H23NO4. The lowest BCUT2D eigenvalue weighted by atomic mass is 9.93. The molecule has 1 aromatic rings. The highest BCUT2D eigenvalue weighted by molar-refractivity contribution is 5.95. The highest BCUT2D eigenvalue weighted by Crippen LogP contribution is 2.29. The minimum absolute atomic E-state index is 0.124. The molecule has 2 rings (SSSR count). The zero-order valence-corrected chi connectivity index (χ0v) is 12.8. The Bertz CT molecular complexity index is 482. The van der Waals surface area contributed by atoms with E-state index in [1.54, 1.807) is 26.4 Å². The van der Waals surface area contributed by atoms with Gasteiger partial charge in [-0.15, -0.1) is 0 Å². The molecule has 1 fully saturated rings. The van der Waals surface area contributed by atoms with E-state index in [9.17, 15) is 9.90 Å². The van der Waals surface area contributed by atoms with Crippen LogP contribution in [0.4, 0.5) is 0 Å². The number of aliphatic hydroxyl groups is 1. The van der Waals surface area contributed by atoms with Gasteiger partial charge in [-0.25, -0.2) is 0 Å². The molecule has 0 saturated heterocycles. The number of ether oxygens (including phenoxy) is 2. The number of hydrogen-bond donors (Lipinski definition) is 2. The summed E-state index contributed by atoms with van der Waals surface area (Å²) < 4.78 is 10.6. The maximum atomic E-state index is 12.4. The second-order valence-corrected chi connectivity index (χ2v) is 5.48. The topological polar surface area (TPSA) is 67.8 Å². The Kier molecular flexibility index (Phi) is 5.07. The summed E-state index contributed by atoms with van der Waals surface area (Å²) in [4.78, 5) is 12.4. The van der Waals surface area contributed by atoms with Crippen LogP contribution in [-0.4, -0.2) is 37.4 Å². The molecule has 0 bridgehead atoms. The van der Waals surface area contributed by atoms with Crippen molar-refractivity contribution in [3.63, 3.8) is 0 Å². The summed E-state index contributed by atoms with van der Waals surface area (Å²) in [5.74, 6) is 1.14. The number of amides is 1. The van der Waals surface area contributed by atoms with Crippen LogP contribution in [0.5, 0.6) is 11.5 Å². The summed E-state index contributed by atoms with van der Waals surface area (Å²) >= 11 is 0. The molecule has 0 spiro atoms. The van der Waals surface area contributed by atoms with Crippen molar-refractivity contribution in [1.29, 1.82) is 0 Å². The maximum Gasteiger partial charge on any atom is 0.251 e. The normalized spacial score (nSPS) is 21.7. The van der Waals surface area contributed by atoms with Gasteiger partial charge in [-0.05, 0) is 44.7 Å². The largest absolute Gasteiger partial charge is 0.496 e. The third-order valence-corrected chi connectivity index (χ3v) is 4.05. The zero-order chi connectivity index (χ0) is 15.4. The number of carbonyl (C=O) groups is 1. The first kappa shape index (κ1) is 15.6. The predicted molar refractivity (Wildman–Crippen MR) is 80.0 cm³/mol. The Labute approximate surface area is 125 Å². The Morgan fingerprint density at radius 1 is 1.14 bits per heavy atom. The number of nitrogens with one attached hydrogen (secondary N) is 1. The third kappa shape index (κ3) is 3.67. The van der Waals surface area contributed by atoms with E-state index in [-0.39, 0.29) is 18.1 Å². The fraction of sp³-hybridized carbons (Fsp3) is 0.562. The van der Waals surface area contributed by atoms with Crippen molar-refractivity contribution in [3.8, 4) is 11.5 Å². The van der Waals surface area contributed by atoms with Gasteiger partial charge in [0.15, 0.2) is 0 Å². The van der Waals surface area contributed by atoms with Crippen molar-refractivity contribution in [2.24, 2.45) is 0 Å². The van der Waals surface area contributed by atoms with Crippen LogP contribution in [0.25, 0.3) is 0 Å². The van der Waals surface area contributed by atoms with E-state index in [4.69, 9.17) is 9.47 Å². The minimum Gasteiger partial charge on any atom is -0.496 e. The first-order valence-electron chi connectivity index (χ1n) is 7.26. The molecule has 1 aliphatic rings. The van der Waals surface area contributed by atoms with E-state index in [0.29, 0.717) is 17.1 Å². The number of methoxy groups -OCH3 is 2. The Hall–Kier alpha value is -1.75. The lowest BCUT2D eigenvalue weighted by Crippen LogP contribution is -2.38. The van der Waals surface area contributed by atoms with Gasteiger partial charge in [0.1, 0.15) is 11.5 Å². The predicted octanol–water partition coefficient (Wildman–Crippen LogP) is 2.05. The van der Waals surface area contributed by atoms with Crippen LogP contribution in [0.1, 0.15) is 41.6 Å². The molecule has 0 radical (unpaired) electrons. The van der Waals surface area contributed by atoms with Crippen LogP contribution in [0.2, 0.25) is 0 Å². The van der Waals surface area contributed by atoms with Crippen molar-refractivity contribution in [3.05, 3.63) is 23.3 Å². The molecule has 116 valence electrons. The van der Waals surface area contributed by atoms with Crippen molar-refractivity contribution in [1.82, 2.24) is 5.32 Å². The molecule has 0 aliphatic heterocycles. The molecule has 0 atom stereocenters. The molecule has 0 heterocycles. The molecule has 0 aromatic heterocycles. The molecule has 5 heteroatoms. The highest BCUT2D eigenvalue weighted by atomic mass is 16.5. The average molecular weight is 293 g/mol. The van der Waals surface area contributed by atoms with Crippen LogP contribution in [-0.2, 0) is 0 Å². The fourth-order valence-electron chi connectivity index (χ4n) is 2.71. The van der Waals surface area contributed by atoms with Crippen LogP contribution >= 0.6 is 0 Å². The standard InChI is InChI=1S/C16H23NO4/c1-10-14(20-2)8-11(9-15(10)21-3)16(19)17-12-4-6-13(18)7-5-12/h8-9,12-13,18H,4-7H2,1-3H3,(H,17,19). The van der Waals surface area contributed by atoms with E-state index >= 15 is 0 Å². The number of hydrogen-bond acceptors (Lipinski definition) is 4.